The monoisotopic (exact) mass is 269 g/mol. The summed E-state index contributed by atoms with van der Waals surface area (Å²) < 4.78 is 5.56. The summed E-state index contributed by atoms with van der Waals surface area (Å²) >= 11 is 5.97. The molecule has 0 spiro atoms. The van der Waals surface area contributed by atoms with Gasteiger partial charge in [0.1, 0.15) is 12.1 Å². The van der Waals surface area contributed by atoms with Crippen LogP contribution in [0.4, 0.5) is 5.82 Å². The molecule has 1 aliphatic rings. The minimum atomic E-state index is 0.120. The van der Waals surface area contributed by atoms with Crippen LogP contribution in [0, 0.1) is 5.92 Å². The van der Waals surface area contributed by atoms with Gasteiger partial charge in [-0.25, -0.2) is 9.97 Å². The molecule has 2 atom stereocenters. The molecule has 0 saturated heterocycles. The number of hydrogen-bond acceptors (Lipinski definition) is 4. The van der Waals surface area contributed by atoms with Gasteiger partial charge in [-0.15, -0.1) is 11.6 Å². The maximum Gasteiger partial charge on any atom is 0.218 e. The van der Waals surface area contributed by atoms with Crippen molar-refractivity contribution in [2.45, 2.75) is 45.3 Å². The predicted octanol–water partition coefficient (Wildman–Crippen LogP) is 3.08. The summed E-state index contributed by atoms with van der Waals surface area (Å²) in [7, 11) is 0. The highest BCUT2D eigenvalue weighted by molar-refractivity contribution is 6.18. The number of ether oxygens (including phenoxy) is 1. The Morgan fingerprint density at radius 2 is 2.28 bits per heavy atom. The molecule has 5 heteroatoms. The van der Waals surface area contributed by atoms with Gasteiger partial charge in [-0.2, -0.15) is 0 Å². The molecular formula is C13H20ClN3O. The lowest BCUT2D eigenvalue weighted by atomic mass is 10.1. The molecule has 100 valence electrons. The Labute approximate surface area is 113 Å². The molecule has 2 rings (SSSR count). The largest absolute Gasteiger partial charge is 0.475 e. The second-order valence-electron chi connectivity index (χ2n) is 5.00. The number of anilines is 1. The molecule has 1 fully saturated rings. The van der Waals surface area contributed by atoms with Crippen LogP contribution >= 0.6 is 11.6 Å². The van der Waals surface area contributed by atoms with Gasteiger partial charge in [0.25, 0.3) is 0 Å². The van der Waals surface area contributed by atoms with Crippen molar-refractivity contribution in [1.82, 2.24) is 9.97 Å². The Kier molecular flexibility index (Phi) is 4.64. The predicted molar refractivity (Wildman–Crippen MR) is 73.3 cm³/mol. The summed E-state index contributed by atoms with van der Waals surface area (Å²) in [5.41, 5.74) is 0. The molecule has 1 heterocycles. The van der Waals surface area contributed by atoms with Crippen molar-refractivity contribution < 1.29 is 4.74 Å². The number of nitrogens with zero attached hydrogens (tertiary/aromatic N) is 2. The first kappa shape index (κ1) is 13.4. The second kappa shape index (κ2) is 6.23. The standard InChI is InChI=1S/C13H20ClN3O/c1-9(2)18-13-6-12(15-8-16-13)17-11-5-3-4-10(11)7-14/h6,8-11H,3-5,7H2,1-2H3,(H,15,16,17). The zero-order valence-electron chi connectivity index (χ0n) is 10.9. The first-order valence-corrected chi connectivity index (χ1v) is 7.03. The fraction of sp³-hybridized carbons (Fsp3) is 0.692. The smallest absolute Gasteiger partial charge is 0.218 e. The topological polar surface area (TPSA) is 47.0 Å². The molecule has 0 bridgehead atoms. The Morgan fingerprint density at radius 1 is 1.44 bits per heavy atom. The van der Waals surface area contributed by atoms with Gasteiger partial charge in [-0.3, -0.25) is 0 Å². The molecule has 0 aromatic carbocycles. The van der Waals surface area contributed by atoms with E-state index in [1.54, 1.807) is 0 Å². The van der Waals surface area contributed by atoms with Crippen LogP contribution < -0.4 is 10.1 Å². The van der Waals surface area contributed by atoms with E-state index in [-0.39, 0.29) is 6.10 Å². The number of aromatic nitrogens is 2. The normalized spacial score (nSPS) is 23.3. The first-order valence-electron chi connectivity index (χ1n) is 6.50. The Morgan fingerprint density at radius 3 is 3.00 bits per heavy atom. The molecule has 1 N–H and O–H groups in total. The van der Waals surface area contributed by atoms with Crippen molar-refractivity contribution in [3.05, 3.63) is 12.4 Å². The molecule has 1 aromatic heterocycles. The number of nitrogens with one attached hydrogen (secondary N) is 1. The lowest BCUT2D eigenvalue weighted by Crippen LogP contribution is -2.25. The zero-order valence-corrected chi connectivity index (χ0v) is 11.7. The van der Waals surface area contributed by atoms with Gasteiger partial charge in [-0.1, -0.05) is 6.42 Å². The van der Waals surface area contributed by atoms with Crippen LogP contribution in [0.5, 0.6) is 5.88 Å². The minimum Gasteiger partial charge on any atom is -0.475 e. The molecule has 0 aliphatic heterocycles. The van der Waals surface area contributed by atoms with Crippen LogP contribution in [0.25, 0.3) is 0 Å². The highest BCUT2D eigenvalue weighted by Gasteiger charge is 2.26. The molecule has 0 amide bonds. The maximum atomic E-state index is 5.97. The maximum absolute atomic E-state index is 5.97. The number of rotatable bonds is 5. The summed E-state index contributed by atoms with van der Waals surface area (Å²) in [5.74, 6) is 2.68. The van der Waals surface area contributed by atoms with Crippen LogP contribution in [0.3, 0.4) is 0 Å². The summed E-state index contributed by atoms with van der Waals surface area (Å²) in [6.07, 6.45) is 5.23. The molecule has 1 aliphatic carbocycles. The molecule has 1 aromatic rings. The van der Waals surface area contributed by atoms with Crippen molar-refractivity contribution in [2.24, 2.45) is 5.92 Å². The minimum absolute atomic E-state index is 0.120. The van der Waals surface area contributed by atoms with Crippen molar-refractivity contribution >= 4 is 17.4 Å². The lowest BCUT2D eigenvalue weighted by molar-refractivity contribution is 0.232. The van der Waals surface area contributed by atoms with Crippen LogP contribution in [-0.4, -0.2) is 28.0 Å². The van der Waals surface area contributed by atoms with Crippen LogP contribution in [0.1, 0.15) is 33.1 Å². The third-order valence-corrected chi connectivity index (χ3v) is 3.59. The SMILES string of the molecule is CC(C)Oc1cc(NC2CCCC2CCl)ncn1. The van der Waals surface area contributed by atoms with Gasteiger partial charge in [-0.05, 0) is 32.6 Å². The average molecular weight is 270 g/mol. The van der Waals surface area contributed by atoms with E-state index in [1.807, 2.05) is 19.9 Å². The van der Waals surface area contributed by atoms with Gasteiger partial charge in [0.2, 0.25) is 5.88 Å². The van der Waals surface area contributed by atoms with Gasteiger partial charge < -0.3 is 10.1 Å². The van der Waals surface area contributed by atoms with Crippen LogP contribution in [0.2, 0.25) is 0 Å². The van der Waals surface area contributed by atoms with E-state index in [4.69, 9.17) is 16.3 Å². The summed E-state index contributed by atoms with van der Waals surface area (Å²) in [6, 6.07) is 2.27. The van der Waals surface area contributed by atoms with E-state index in [9.17, 15) is 0 Å². The van der Waals surface area contributed by atoms with Gasteiger partial charge in [0, 0.05) is 18.0 Å². The number of halogens is 1. The highest BCUT2D eigenvalue weighted by atomic mass is 35.5. The number of alkyl halides is 1. The van der Waals surface area contributed by atoms with Gasteiger partial charge in [0.05, 0.1) is 6.10 Å². The van der Waals surface area contributed by atoms with E-state index >= 15 is 0 Å². The lowest BCUT2D eigenvalue weighted by Gasteiger charge is -2.19. The fourth-order valence-electron chi connectivity index (χ4n) is 2.33. The molecular weight excluding hydrogens is 250 g/mol. The molecule has 4 nitrogen and oxygen atoms in total. The van der Waals surface area contributed by atoms with Crippen molar-refractivity contribution in [3.63, 3.8) is 0 Å². The van der Waals surface area contributed by atoms with Crippen LogP contribution in [0.15, 0.2) is 12.4 Å². The molecule has 0 radical (unpaired) electrons. The third kappa shape index (κ3) is 3.48. The molecule has 18 heavy (non-hydrogen) atoms. The molecule has 2 unspecified atom stereocenters. The van der Waals surface area contributed by atoms with E-state index in [0.29, 0.717) is 23.7 Å². The molecule has 1 saturated carbocycles. The first-order chi connectivity index (χ1) is 8.69. The van der Waals surface area contributed by atoms with E-state index in [0.717, 1.165) is 12.2 Å². The fourth-order valence-corrected chi connectivity index (χ4v) is 2.70. The van der Waals surface area contributed by atoms with Gasteiger partial charge in [0.15, 0.2) is 0 Å². The quantitative estimate of drug-likeness (QED) is 0.835. The third-order valence-electron chi connectivity index (χ3n) is 3.19. The Bertz CT molecular complexity index is 386. The summed E-state index contributed by atoms with van der Waals surface area (Å²) in [6.45, 7) is 3.96. The van der Waals surface area contributed by atoms with E-state index < -0.39 is 0 Å². The van der Waals surface area contributed by atoms with Crippen molar-refractivity contribution in [3.8, 4) is 5.88 Å². The Hall–Kier alpha value is -1.03. The second-order valence-corrected chi connectivity index (χ2v) is 5.31. The van der Waals surface area contributed by atoms with E-state index in [1.165, 1.54) is 19.2 Å². The van der Waals surface area contributed by atoms with Crippen LogP contribution in [-0.2, 0) is 0 Å². The summed E-state index contributed by atoms with van der Waals surface area (Å²) in [4.78, 5) is 8.33. The zero-order chi connectivity index (χ0) is 13.0. The highest BCUT2D eigenvalue weighted by Crippen LogP contribution is 2.29. The average Bonchev–Trinajstić information content (AvgIpc) is 2.76. The van der Waals surface area contributed by atoms with Crippen molar-refractivity contribution in [2.75, 3.05) is 11.2 Å². The number of hydrogen-bond donors (Lipinski definition) is 1. The van der Waals surface area contributed by atoms with E-state index in [2.05, 4.69) is 15.3 Å². The van der Waals surface area contributed by atoms with Gasteiger partial charge >= 0.3 is 0 Å². The Balaban J connectivity index is 2.00. The van der Waals surface area contributed by atoms with Crippen molar-refractivity contribution in [1.29, 1.82) is 0 Å². The summed E-state index contributed by atoms with van der Waals surface area (Å²) in [5, 5.41) is 3.44.